The van der Waals surface area contributed by atoms with E-state index in [1.807, 2.05) is 0 Å². The summed E-state index contributed by atoms with van der Waals surface area (Å²) in [5.74, 6) is 0.729. The summed E-state index contributed by atoms with van der Waals surface area (Å²) in [5.41, 5.74) is 0.766. The molecule has 0 unspecified atom stereocenters. The number of halogens is 3. The van der Waals surface area contributed by atoms with Crippen LogP contribution in [0.5, 0.6) is 5.75 Å². The number of rotatable bonds is 2. The van der Waals surface area contributed by atoms with Crippen LogP contribution in [0.2, 0.25) is 0 Å². The number of methoxy groups -OCH3 is 1. The summed E-state index contributed by atoms with van der Waals surface area (Å²) in [5, 5.41) is 0. The van der Waals surface area contributed by atoms with Gasteiger partial charge in [0, 0.05) is 0 Å². The molecule has 0 fully saturated rings. The molecule has 0 aliphatic carbocycles. The van der Waals surface area contributed by atoms with E-state index in [1.54, 1.807) is 25.3 Å². The molecule has 70 valence electrons. The van der Waals surface area contributed by atoms with E-state index in [2.05, 4.69) is 31.9 Å². The maximum absolute atomic E-state index is 12.4. The van der Waals surface area contributed by atoms with E-state index in [4.69, 9.17) is 4.74 Å². The quantitative estimate of drug-likeness (QED) is 0.798. The Morgan fingerprint density at radius 2 is 2.23 bits per heavy atom. The molecule has 13 heavy (non-hydrogen) atoms. The molecule has 0 radical (unpaired) electrons. The number of ether oxygens (including phenoxy) is 1. The van der Waals surface area contributed by atoms with Gasteiger partial charge >= 0.3 is 0 Å². The van der Waals surface area contributed by atoms with E-state index < -0.39 is 4.74 Å². The van der Waals surface area contributed by atoms with E-state index in [-0.39, 0.29) is 0 Å². The SMILES string of the molecule is COc1ccc(/C=C(\F)Br)cc1Br. The van der Waals surface area contributed by atoms with Crippen molar-refractivity contribution in [1.82, 2.24) is 0 Å². The Hall–Kier alpha value is -0.350. The van der Waals surface area contributed by atoms with Crippen LogP contribution >= 0.6 is 31.9 Å². The van der Waals surface area contributed by atoms with E-state index in [0.717, 1.165) is 15.8 Å². The van der Waals surface area contributed by atoms with Gasteiger partial charge in [0.25, 0.3) is 0 Å². The van der Waals surface area contributed by atoms with Gasteiger partial charge in [0.15, 0.2) is 4.74 Å². The molecule has 0 aliphatic heterocycles. The Bertz CT molecular complexity index is 332. The smallest absolute Gasteiger partial charge is 0.166 e. The summed E-state index contributed by atoms with van der Waals surface area (Å²) in [4.78, 5) is 0. The molecule has 0 atom stereocenters. The van der Waals surface area contributed by atoms with Gasteiger partial charge in [0.2, 0.25) is 0 Å². The van der Waals surface area contributed by atoms with Crippen molar-refractivity contribution in [2.24, 2.45) is 0 Å². The average molecular weight is 310 g/mol. The molecule has 1 nitrogen and oxygen atoms in total. The van der Waals surface area contributed by atoms with E-state index in [0.29, 0.717) is 0 Å². The van der Waals surface area contributed by atoms with Crippen LogP contribution in [0, 0.1) is 0 Å². The minimum atomic E-state index is -0.399. The van der Waals surface area contributed by atoms with Gasteiger partial charge in [-0.2, -0.15) is 4.39 Å². The summed E-state index contributed by atoms with van der Waals surface area (Å²) in [6.07, 6.45) is 1.38. The van der Waals surface area contributed by atoms with Gasteiger partial charge < -0.3 is 4.74 Å². The van der Waals surface area contributed by atoms with Crippen molar-refractivity contribution in [2.75, 3.05) is 7.11 Å². The maximum atomic E-state index is 12.4. The van der Waals surface area contributed by atoms with Gasteiger partial charge in [-0.05, 0) is 55.6 Å². The highest BCUT2D eigenvalue weighted by Gasteiger charge is 1.99. The summed E-state index contributed by atoms with van der Waals surface area (Å²) in [6.45, 7) is 0. The monoisotopic (exact) mass is 308 g/mol. The van der Waals surface area contributed by atoms with Gasteiger partial charge in [-0.3, -0.25) is 0 Å². The Kier molecular flexibility index (Phi) is 3.93. The minimum Gasteiger partial charge on any atom is -0.496 e. The molecule has 1 rings (SSSR count). The highest BCUT2D eigenvalue weighted by Crippen LogP contribution is 2.26. The Morgan fingerprint density at radius 1 is 1.54 bits per heavy atom. The standard InChI is InChI=1S/C9H7Br2FO/c1-13-8-3-2-6(4-7(8)10)5-9(11)12/h2-5H,1H3/b9-5-. The molecule has 1 aromatic rings. The lowest BCUT2D eigenvalue weighted by Crippen LogP contribution is -1.84. The average Bonchev–Trinajstić information content (AvgIpc) is 2.03. The van der Waals surface area contributed by atoms with Gasteiger partial charge in [0.05, 0.1) is 11.6 Å². The van der Waals surface area contributed by atoms with Gasteiger partial charge in [0.1, 0.15) is 5.75 Å². The van der Waals surface area contributed by atoms with Crippen molar-refractivity contribution in [1.29, 1.82) is 0 Å². The predicted octanol–water partition coefficient (Wildman–Crippen LogP) is 4.12. The molecule has 4 heteroatoms. The summed E-state index contributed by atoms with van der Waals surface area (Å²) in [7, 11) is 1.58. The Labute approximate surface area is 92.9 Å². The third-order valence-electron chi connectivity index (χ3n) is 1.45. The first-order chi connectivity index (χ1) is 6.13. The fourth-order valence-corrected chi connectivity index (χ4v) is 1.72. The van der Waals surface area contributed by atoms with Crippen LogP contribution in [-0.2, 0) is 0 Å². The molecular weight excluding hydrogens is 303 g/mol. The van der Waals surface area contributed by atoms with Gasteiger partial charge in [-0.1, -0.05) is 6.07 Å². The molecular formula is C9H7Br2FO. The first kappa shape index (κ1) is 10.7. The lowest BCUT2D eigenvalue weighted by molar-refractivity contribution is 0.412. The molecule has 0 saturated carbocycles. The van der Waals surface area contributed by atoms with Gasteiger partial charge in [-0.25, -0.2) is 0 Å². The fraction of sp³-hybridized carbons (Fsp3) is 0.111. The summed E-state index contributed by atoms with van der Waals surface area (Å²) in [6, 6.07) is 5.32. The lowest BCUT2D eigenvalue weighted by Gasteiger charge is -2.02. The zero-order valence-corrected chi connectivity index (χ0v) is 10.0. The van der Waals surface area contributed by atoms with Crippen LogP contribution < -0.4 is 4.74 Å². The fourth-order valence-electron chi connectivity index (χ4n) is 0.898. The highest BCUT2D eigenvalue weighted by atomic mass is 79.9. The Balaban J connectivity index is 3.03. The van der Waals surface area contributed by atoms with E-state index in [1.165, 1.54) is 6.08 Å². The second-order valence-electron chi connectivity index (χ2n) is 2.33. The summed E-state index contributed by atoms with van der Waals surface area (Å²) < 4.78 is 17.9. The minimum absolute atomic E-state index is 0.399. The van der Waals surface area contributed by atoms with Crippen molar-refractivity contribution in [3.63, 3.8) is 0 Å². The van der Waals surface area contributed by atoms with Crippen molar-refractivity contribution < 1.29 is 9.13 Å². The maximum Gasteiger partial charge on any atom is 0.166 e. The molecule has 0 spiro atoms. The lowest BCUT2D eigenvalue weighted by atomic mass is 10.2. The van der Waals surface area contributed by atoms with Crippen LogP contribution in [0.1, 0.15) is 5.56 Å². The molecule has 0 N–H and O–H groups in total. The first-order valence-corrected chi connectivity index (χ1v) is 5.08. The third-order valence-corrected chi connectivity index (χ3v) is 2.30. The van der Waals surface area contributed by atoms with Gasteiger partial charge in [-0.15, -0.1) is 0 Å². The van der Waals surface area contributed by atoms with E-state index >= 15 is 0 Å². The van der Waals surface area contributed by atoms with Crippen molar-refractivity contribution in [3.8, 4) is 5.75 Å². The molecule has 0 amide bonds. The highest BCUT2D eigenvalue weighted by molar-refractivity contribution is 9.11. The largest absolute Gasteiger partial charge is 0.496 e. The van der Waals surface area contributed by atoms with E-state index in [9.17, 15) is 4.39 Å². The summed E-state index contributed by atoms with van der Waals surface area (Å²) >= 11 is 6.02. The second-order valence-corrected chi connectivity index (χ2v) is 3.94. The number of benzene rings is 1. The third kappa shape index (κ3) is 3.12. The van der Waals surface area contributed by atoms with Crippen LogP contribution in [-0.4, -0.2) is 7.11 Å². The molecule has 0 aliphatic rings. The van der Waals surface area contributed by atoms with Crippen molar-refractivity contribution >= 4 is 37.9 Å². The van der Waals surface area contributed by atoms with Crippen molar-refractivity contribution in [2.45, 2.75) is 0 Å². The molecule has 0 aromatic heterocycles. The van der Waals surface area contributed by atoms with Crippen LogP contribution in [0.25, 0.3) is 6.08 Å². The Morgan fingerprint density at radius 3 is 2.69 bits per heavy atom. The normalized spacial score (nSPS) is 11.5. The molecule has 0 heterocycles. The van der Waals surface area contributed by atoms with Crippen molar-refractivity contribution in [3.05, 3.63) is 33.0 Å². The topological polar surface area (TPSA) is 9.23 Å². The second kappa shape index (κ2) is 4.77. The number of hydrogen-bond acceptors (Lipinski definition) is 1. The predicted molar refractivity (Wildman–Crippen MR) is 58.7 cm³/mol. The number of hydrogen-bond donors (Lipinski definition) is 0. The molecule has 0 bridgehead atoms. The van der Waals surface area contributed by atoms with Crippen LogP contribution in [0.4, 0.5) is 4.39 Å². The zero-order chi connectivity index (χ0) is 9.84. The molecule has 1 aromatic carbocycles. The first-order valence-electron chi connectivity index (χ1n) is 3.49. The van der Waals surface area contributed by atoms with Crippen LogP contribution in [0.15, 0.2) is 27.4 Å². The molecule has 0 saturated heterocycles. The zero-order valence-electron chi connectivity index (χ0n) is 6.85. The van der Waals surface area contributed by atoms with Crippen LogP contribution in [0.3, 0.4) is 0 Å².